The topological polar surface area (TPSA) is 88.2 Å². The molecule has 0 aromatic heterocycles. The van der Waals surface area contributed by atoms with E-state index in [4.69, 9.17) is 9.47 Å². The molecule has 4 amide bonds. The summed E-state index contributed by atoms with van der Waals surface area (Å²) < 4.78 is 10.7. The van der Waals surface area contributed by atoms with Crippen molar-refractivity contribution in [1.29, 1.82) is 0 Å². The zero-order chi connectivity index (χ0) is 20.6. The molecule has 1 saturated carbocycles. The predicted octanol–water partition coefficient (Wildman–Crippen LogP) is 2.26. The molecule has 1 aliphatic carbocycles. The summed E-state index contributed by atoms with van der Waals surface area (Å²) in [5.74, 6) is 0.905. The molecular formula is C21H27N3O5. The van der Waals surface area contributed by atoms with Gasteiger partial charge in [-0.25, -0.2) is 4.79 Å². The van der Waals surface area contributed by atoms with E-state index in [2.05, 4.69) is 5.32 Å². The number of fused-ring (bicyclic) bond motifs is 1. The van der Waals surface area contributed by atoms with Crippen molar-refractivity contribution in [1.82, 2.24) is 15.1 Å². The Labute approximate surface area is 170 Å². The second kappa shape index (κ2) is 7.57. The van der Waals surface area contributed by atoms with Crippen molar-refractivity contribution in [2.45, 2.75) is 51.6 Å². The molecule has 0 bridgehead atoms. The average Bonchev–Trinajstić information content (AvgIpc) is 3.27. The van der Waals surface area contributed by atoms with E-state index >= 15 is 0 Å². The van der Waals surface area contributed by atoms with Crippen molar-refractivity contribution in [2.75, 3.05) is 19.9 Å². The lowest BCUT2D eigenvalue weighted by atomic mass is 9.73. The van der Waals surface area contributed by atoms with Crippen LogP contribution in [0.25, 0.3) is 0 Å². The predicted molar refractivity (Wildman–Crippen MR) is 104 cm³/mol. The van der Waals surface area contributed by atoms with E-state index in [1.165, 1.54) is 0 Å². The zero-order valence-corrected chi connectivity index (χ0v) is 16.9. The second-order valence-corrected chi connectivity index (χ2v) is 8.04. The van der Waals surface area contributed by atoms with Crippen LogP contribution in [0.1, 0.15) is 45.1 Å². The van der Waals surface area contributed by atoms with Crippen LogP contribution in [0, 0.1) is 5.92 Å². The number of ether oxygens (including phenoxy) is 2. The highest BCUT2D eigenvalue weighted by molar-refractivity contribution is 6.09. The van der Waals surface area contributed by atoms with Gasteiger partial charge in [-0.2, -0.15) is 0 Å². The van der Waals surface area contributed by atoms with Crippen molar-refractivity contribution >= 4 is 17.8 Å². The van der Waals surface area contributed by atoms with E-state index in [0.29, 0.717) is 31.0 Å². The average molecular weight is 401 g/mol. The number of benzene rings is 1. The standard InChI is InChI=1S/C21H27N3O5/c1-3-23(11-15-7-8-16-17(10-15)29-13-28-16)18(25)12-24-19(26)21(22-20(24)27)9-5-4-6-14(21)2/h7-8,10,14H,3-6,9,11-13H2,1-2H3,(H,22,27)/t14-,21+/m1/s1. The first-order valence-corrected chi connectivity index (χ1v) is 10.2. The molecule has 1 aromatic carbocycles. The highest BCUT2D eigenvalue weighted by Crippen LogP contribution is 2.38. The van der Waals surface area contributed by atoms with Gasteiger partial charge in [-0.05, 0) is 43.4 Å². The van der Waals surface area contributed by atoms with E-state index in [0.717, 1.165) is 29.7 Å². The summed E-state index contributed by atoms with van der Waals surface area (Å²) in [7, 11) is 0. The van der Waals surface area contributed by atoms with E-state index in [9.17, 15) is 14.4 Å². The maximum atomic E-state index is 13.1. The number of carbonyl (C=O) groups excluding carboxylic acids is 3. The Balaban J connectivity index is 1.44. The van der Waals surface area contributed by atoms with Gasteiger partial charge in [-0.15, -0.1) is 0 Å². The highest BCUT2D eigenvalue weighted by atomic mass is 16.7. The number of hydrogen-bond donors (Lipinski definition) is 1. The lowest BCUT2D eigenvalue weighted by Gasteiger charge is -2.36. The van der Waals surface area contributed by atoms with Crippen molar-refractivity contribution in [3.63, 3.8) is 0 Å². The number of urea groups is 1. The summed E-state index contributed by atoms with van der Waals surface area (Å²) in [5.41, 5.74) is 0.0586. The first kappa shape index (κ1) is 19.5. The molecule has 2 fully saturated rings. The quantitative estimate of drug-likeness (QED) is 0.765. The van der Waals surface area contributed by atoms with Crippen LogP contribution in [0.3, 0.4) is 0 Å². The van der Waals surface area contributed by atoms with Gasteiger partial charge in [0.1, 0.15) is 12.1 Å². The largest absolute Gasteiger partial charge is 0.454 e. The monoisotopic (exact) mass is 401 g/mol. The Bertz CT molecular complexity index is 842. The summed E-state index contributed by atoms with van der Waals surface area (Å²) >= 11 is 0. The molecule has 29 heavy (non-hydrogen) atoms. The number of rotatable bonds is 5. The summed E-state index contributed by atoms with van der Waals surface area (Å²) in [4.78, 5) is 41.2. The van der Waals surface area contributed by atoms with E-state index in [1.807, 2.05) is 32.0 Å². The molecule has 2 aliphatic heterocycles. The van der Waals surface area contributed by atoms with E-state index < -0.39 is 11.6 Å². The molecular weight excluding hydrogens is 374 g/mol. The molecule has 0 radical (unpaired) electrons. The highest BCUT2D eigenvalue weighted by Gasteiger charge is 2.55. The lowest BCUT2D eigenvalue weighted by Crippen LogP contribution is -2.54. The van der Waals surface area contributed by atoms with Crippen LogP contribution in [0.15, 0.2) is 18.2 Å². The third kappa shape index (κ3) is 3.41. The minimum absolute atomic E-state index is 0.0729. The molecule has 1 saturated heterocycles. The fourth-order valence-electron chi connectivity index (χ4n) is 4.51. The maximum absolute atomic E-state index is 13.1. The lowest BCUT2D eigenvalue weighted by molar-refractivity contribution is -0.140. The fourth-order valence-corrected chi connectivity index (χ4v) is 4.51. The number of nitrogens with one attached hydrogen (secondary N) is 1. The van der Waals surface area contributed by atoms with Gasteiger partial charge in [0.25, 0.3) is 5.91 Å². The smallest absolute Gasteiger partial charge is 0.325 e. The zero-order valence-electron chi connectivity index (χ0n) is 16.9. The van der Waals surface area contributed by atoms with Crippen LogP contribution in [-0.2, 0) is 16.1 Å². The Morgan fingerprint density at radius 3 is 2.83 bits per heavy atom. The number of amides is 4. The summed E-state index contributed by atoms with van der Waals surface area (Å²) in [6.07, 6.45) is 3.50. The molecule has 156 valence electrons. The fraction of sp³-hybridized carbons (Fsp3) is 0.571. The maximum Gasteiger partial charge on any atom is 0.325 e. The molecule has 4 rings (SSSR count). The number of imide groups is 1. The second-order valence-electron chi connectivity index (χ2n) is 8.04. The molecule has 2 heterocycles. The van der Waals surface area contributed by atoms with Crippen LogP contribution in [-0.4, -0.2) is 53.1 Å². The molecule has 1 N–H and O–H groups in total. The summed E-state index contributed by atoms with van der Waals surface area (Å²) in [6.45, 7) is 4.68. The normalized spacial score (nSPS) is 25.4. The van der Waals surface area contributed by atoms with Gasteiger partial charge in [0, 0.05) is 13.1 Å². The van der Waals surface area contributed by atoms with Crippen LogP contribution in [0.2, 0.25) is 0 Å². The number of nitrogens with zero attached hydrogens (tertiary/aromatic N) is 2. The molecule has 1 spiro atoms. The Morgan fingerprint density at radius 1 is 1.28 bits per heavy atom. The first-order valence-electron chi connectivity index (χ1n) is 10.2. The Kier molecular flexibility index (Phi) is 5.10. The molecule has 0 unspecified atom stereocenters. The minimum atomic E-state index is -0.843. The summed E-state index contributed by atoms with van der Waals surface area (Å²) in [5, 5.41) is 2.90. The molecule has 8 nitrogen and oxygen atoms in total. The molecule has 2 atom stereocenters. The van der Waals surface area contributed by atoms with Crippen LogP contribution >= 0.6 is 0 Å². The van der Waals surface area contributed by atoms with Gasteiger partial charge in [-0.1, -0.05) is 25.8 Å². The SMILES string of the molecule is CCN(Cc1ccc2c(c1)OCO2)C(=O)CN1C(=O)N[C@]2(CCCC[C@H]2C)C1=O. The van der Waals surface area contributed by atoms with Crippen molar-refractivity contribution < 1.29 is 23.9 Å². The third-order valence-corrected chi connectivity index (χ3v) is 6.34. The van der Waals surface area contributed by atoms with Crippen molar-refractivity contribution in [3.8, 4) is 11.5 Å². The van der Waals surface area contributed by atoms with Crippen LogP contribution in [0.4, 0.5) is 4.79 Å². The minimum Gasteiger partial charge on any atom is -0.454 e. The summed E-state index contributed by atoms with van der Waals surface area (Å²) in [6, 6.07) is 5.10. The third-order valence-electron chi connectivity index (χ3n) is 6.34. The van der Waals surface area contributed by atoms with Gasteiger partial charge in [0.05, 0.1) is 0 Å². The van der Waals surface area contributed by atoms with E-state index in [-0.39, 0.29) is 31.1 Å². The van der Waals surface area contributed by atoms with Gasteiger partial charge in [0.15, 0.2) is 11.5 Å². The first-order chi connectivity index (χ1) is 13.9. The molecule has 8 heteroatoms. The van der Waals surface area contributed by atoms with Gasteiger partial charge >= 0.3 is 6.03 Å². The molecule has 1 aromatic rings. The van der Waals surface area contributed by atoms with Crippen LogP contribution < -0.4 is 14.8 Å². The van der Waals surface area contributed by atoms with Gasteiger partial charge in [-0.3, -0.25) is 14.5 Å². The van der Waals surface area contributed by atoms with Crippen molar-refractivity contribution in [2.24, 2.45) is 5.92 Å². The Hall–Kier alpha value is -2.77. The van der Waals surface area contributed by atoms with Crippen molar-refractivity contribution in [3.05, 3.63) is 23.8 Å². The van der Waals surface area contributed by atoms with E-state index in [1.54, 1.807) is 4.90 Å². The Morgan fingerprint density at radius 2 is 2.07 bits per heavy atom. The van der Waals surface area contributed by atoms with Crippen LogP contribution in [0.5, 0.6) is 11.5 Å². The van der Waals surface area contributed by atoms with Gasteiger partial charge < -0.3 is 19.7 Å². The number of carbonyl (C=O) groups is 3. The number of likely N-dealkylation sites (N-methyl/N-ethyl adjacent to an activating group) is 1. The van der Waals surface area contributed by atoms with Gasteiger partial charge in [0.2, 0.25) is 12.7 Å². The molecule has 3 aliphatic rings. The number of hydrogen-bond acceptors (Lipinski definition) is 5.